The summed E-state index contributed by atoms with van der Waals surface area (Å²) >= 11 is 3.39. The van der Waals surface area contributed by atoms with Crippen LogP contribution in [0, 0.1) is 0 Å². The third-order valence-electron chi connectivity index (χ3n) is 3.36. The zero-order valence-electron chi connectivity index (χ0n) is 11.3. The second-order valence-electron chi connectivity index (χ2n) is 4.87. The molecule has 0 unspecified atom stereocenters. The molecule has 1 aliphatic heterocycles. The average Bonchev–Trinajstić information content (AvgIpc) is 2.42. The van der Waals surface area contributed by atoms with Crippen LogP contribution in [0.3, 0.4) is 0 Å². The maximum absolute atomic E-state index is 11.8. The first kappa shape index (κ1) is 14.5. The lowest BCUT2D eigenvalue weighted by Crippen LogP contribution is -2.48. The second kappa shape index (κ2) is 7.01. The Kier molecular flexibility index (Phi) is 5.34. The number of hydrogen-bond acceptors (Lipinski definition) is 3. The molecule has 19 heavy (non-hydrogen) atoms. The number of carbonyl (C=O) groups is 1. The van der Waals surface area contributed by atoms with Crippen molar-refractivity contribution < 1.29 is 4.79 Å². The van der Waals surface area contributed by atoms with Crippen molar-refractivity contribution in [3.63, 3.8) is 0 Å². The van der Waals surface area contributed by atoms with Gasteiger partial charge in [0.15, 0.2) is 0 Å². The fourth-order valence-corrected chi connectivity index (χ4v) is 2.49. The lowest BCUT2D eigenvalue weighted by molar-refractivity contribution is -0.133. The minimum absolute atomic E-state index is 0.295. The van der Waals surface area contributed by atoms with Crippen LogP contribution in [0.25, 0.3) is 0 Å². The highest BCUT2D eigenvalue weighted by atomic mass is 79.9. The van der Waals surface area contributed by atoms with Crippen LogP contribution in [0.15, 0.2) is 22.8 Å². The number of piperazine rings is 1. The van der Waals surface area contributed by atoms with Gasteiger partial charge >= 0.3 is 0 Å². The van der Waals surface area contributed by atoms with Gasteiger partial charge in [0.2, 0.25) is 5.91 Å². The number of aromatic nitrogens is 1. The topological polar surface area (TPSA) is 36.4 Å². The highest BCUT2D eigenvalue weighted by molar-refractivity contribution is 9.10. The second-order valence-corrected chi connectivity index (χ2v) is 5.79. The first-order valence-electron chi connectivity index (χ1n) is 6.79. The minimum Gasteiger partial charge on any atom is -0.340 e. The van der Waals surface area contributed by atoms with Crippen LogP contribution in [0.5, 0.6) is 0 Å². The molecule has 1 aliphatic rings. The molecular formula is C14H20BrN3O. The molecule has 0 atom stereocenters. The van der Waals surface area contributed by atoms with E-state index < -0.39 is 0 Å². The van der Waals surface area contributed by atoms with E-state index in [0.717, 1.165) is 49.3 Å². The van der Waals surface area contributed by atoms with E-state index in [2.05, 4.69) is 25.8 Å². The molecule has 0 N–H and O–H groups in total. The van der Waals surface area contributed by atoms with E-state index in [9.17, 15) is 4.79 Å². The summed E-state index contributed by atoms with van der Waals surface area (Å²) in [5.41, 5.74) is 1.08. The molecule has 1 saturated heterocycles. The molecule has 0 spiro atoms. The molecule has 0 aliphatic carbocycles. The number of hydrogen-bond donors (Lipinski definition) is 0. The van der Waals surface area contributed by atoms with Crippen molar-refractivity contribution in [2.24, 2.45) is 0 Å². The Bertz CT molecular complexity index is 413. The van der Waals surface area contributed by atoms with Gasteiger partial charge in [0.05, 0.1) is 5.69 Å². The largest absolute Gasteiger partial charge is 0.340 e. The summed E-state index contributed by atoms with van der Waals surface area (Å²) in [5, 5.41) is 0. The third kappa shape index (κ3) is 4.28. The van der Waals surface area contributed by atoms with Crippen molar-refractivity contribution in [1.29, 1.82) is 0 Å². The van der Waals surface area contributed by atoms with Gasteiger partial charge in [-0.1, -0.05) is 6.92 Å². The van der Waals surface area contributed by atoms with Crippen molar-refractivity contribution >= 4 is 21.8 Å². The standard InChI is InChI=1S/C14H20BrN3O/c1-2-3-14(19)18-8-6-17(7-9-18)11-13-5-4-12(15)10-16-13/h4-5,10H,2-3,6-9,11H2,1H3. The van der Waals surface area contributed by atoms with Crippen molar-refractivity contribution in [2.75, 3.05) is 26.2 Å². The van der Waals surface area contributed by atoms with Crippen molar-refractivity contribution in [3.05, 3.63) is 28.5 Å². The van der Waals surface area contributed by atoms with E-state index in [1.807, 2.05) is 30.2 Å². The summed E-state index contributed by atoms with van der Waals surface area (Å²) in [6.45, 7) is 6.47. The molecule has 1 amide bonds. The molecule has 4 nitrogen and oxygen atoms in total. The molecule has 0 saturated carbocycles. The zero-order valence-corrected chi connectivity index (χ0v) is 12.9. The van der Waals surface area contributed by atoms with Crippen LogP contribution in [-0.2, 0) is 11.3 Å². The molecule has 2 heterocycles. The fraction of sp³-hybridized carbons (Fsp3) is 0.571. The maximum Gasteiger partial charge on any atom is 0.222 e. The lowest BCUT2D eigenvalue weighted by Gasteiger charge is -2.34. The number of halogens is 1. The van der Waals surface area contributed by atoms with Gasteiger partial charge in [0, 0.05) is 49.8 Å². The Hall–Kier alpha value is -0.940. The molecule has 1 aromatic rings. The number of pyridine rings is 1. The minimum atomic E-state index is 0.295. The first-order chi connectivity index (χ1) is 9.19. The van der Waals surface area contributed by atoms with Crippen LogP contribution in [-0.4, -0.2) is 46.9 Å². The molecule has 0 aromatic carbocycles. The summed E-state index contributed by atoms with van der Waals surface area (Å²) in [4.78, 5) is 20.5. The van der Waals surface area contributed by atoms with Crippen LogP contribution in [0.4, 0.5) is 0 Å². The van der Waals surface area contributed by atoms with Crippen molar-refractivity contribution in [3.8, 4) is 0 Å². The summed E-state index contributed by atoms with van der Waals surface area (Å²) in [7, 11) is 0. The van der Waals surface area contributed by atoms with E-state index in [1.54, 1.807) is 0 Å². The van der Waals surface area contributed by atoms with Crippen molar-refractivity contribution in [1.82, 2.24) is 14.8 Å². The van der Waals surface area contributed by atoms with Crippen LogP contribution in [0.2, 0.25) is 0 Å². The number of carbonyl (C=O) groups excluding carboxylic acids is 1. The maximum atomic E-state index is 11.8. The van der Waals surface area contributed by atoms with Crippen molar-refractivity contribution in [2.45, 2.75) is 26.3 Å². The SMILES string of the molecule is CCCC(=O)N1CCN(Cc2ccc(Br)cn2)CC1. The summed E-state index contributed by atoms with van der Waals surface area (Å²) in [6, 6.07) is 4.06. The quantitative estimate of drug-likeness (QED) is 0.852. The number of amides is 1. The molecule has 0 bridgehead atoms. The first-order valence-corrected chi connectivity index (χ1v) is 7.59. The Balaban J connectivity index is 1.80. The average molecular weight is 326 g/mol. The van der Waals surface area contributed by atoms with Crippen LogP contribution >= 0.6 is 15.9 Å². The molecule has 5 heteroatoms. The summed E-state index contributed by atoms with van der Waals surface area (Å²) < 4.78 is 1.01. The van der Waals surface area contributed by atoms with E-state index in [1.165, 1.54) is 0 Å². The molecule has 2 rings (SSSR count). The van der Waals surface area contributed by atoms with Gasteiger partial charge in [0.1, 0.15) is 0 Å². The summed E-state index contributed by atoms with van der Waals surface area (Å²) in [6.07, 6.45) is 3.44. The number of rotatable bonds is 4. The monoisotopic (exact) mass is 325 g/mol. The zero-order chi connectivity index (χ0) is 13.7. The van der Waals surface area contributed by atoms with Crippen LogP contribution < -0.4 is 0 Å². The Labute approximate surface area is 122 Å². The number of nitrogens with zero attached hydrogens (tertiary/aromatic N) is 3. The highest BCUT2D eigenvalue weighted by Gasteiger charge is 2.20. The van der Waals surface area contributed by atoms with Gasteiger partial charge in [-0.25, -0.2) is 0 Å². The normalized spacial score (nSPS) is 16.6. The Morgan fingerprint density at radius 1 is 1.32 bits per heavy atom. The molecule has 0 radical (unpaired) electrons. The van der Waals surface area contributed by atoms with Gasteiger partial charge < -0.3 is 4.90 Å². The van der Waals surface area contributed by atoms with Gasteiger partial charge in [-0.15, -0.1) is 0 Å². The predicted octanol–water partition coefficient (Wildman–Crippen LogP) is 2.29. The van der Waals surface area contributed by atoms with E-state index >= 15 is 0 Å². The Morgan fingerprint density at radius 3 is 2.63 bits per heavy atom. The van der Waals surface area contributed by atoms with Gasteiger partial charge in [-0.2, -0.15) is 0 Å². The molecular weight excluding hydrogens is 306 g/mol. The van der Waals surface area contributed by atoms with E-state index in [0.29, 0.717) is 12.3 Å². The third-order valence-corrected chi connectivity index (χ3v) is 3.83. The molecule has 1 fully saturated rings. The van der Waals surface area contributed by atoms with Crippen LogP contribution in [0.1, 0.15) is 25.5 Å². The predicted molar refractivity (Wildman–Crippen MR) is 78.7 cm³/mol. The van der Waals surface area contributed by atoms with Gasteiger partial charge in [-0.05, 0) is 34.5 Å². The molecule has 104 valence electrons. The van der Waals surface area contributed by atoms with E-state index in [-0.39, 0.29) is 0 Å². The molecule has 1 aromatic heterocycles. The van der Waals surface area contributed by atoms with Gasteiger partial charge in [0.25, 0.3) is 0 Å². The van der Waals surface area contributed by atoms with Gasteiger partial charge in [-0.3, -0.25) is 14.7 Å². The highest BCUT2D eigenvalue weighted by Crippen LogP contribution is 2.11. The van der Waals surface area contributed by atoms with E-state index in [4.69, 9.17) is 0 Å². The fourth-order valence-electron chi connectivity index (χ4n) is 2.26. The Morgan fingerprint density at radius 2 is 2.05 bits per heavy atom. The lowest BCUT2D eigenvalue weighted by atomic mass is 10.2. The summed E-state index contributed by atoms with van der Waals surface area (Å²) in [5.74, 6) is 0.295. The smallest absolute Gasteiger partial charge is 0.222 e.